The van der Waals surface area contributed by atoms with Crippen LogP contribution in [0.15, 0.2) is 54.6 Å². The summed E-state index contributed by atoms with van der Waals surface area (Å²) in [4.78, 5) is 20.2. The van der Waals surface area contributed by atoms with Gasteiger partial charge in [0.05, 0.1) is 17.1 Å². The fourth-order valence-electron chi connectivity index (χ4n) is 2.86. The SMILES string of the molecule is CC(C)C(NC(=O)/C=C/c1ccccc1OC(F)F)c1nc2ccccc2[nH]1. The molecule has 0 saturated heterocycles. The molecule has 3 rings (SSSR count). The number of imidazole rings is 1. The van der Waals surface area contributed by atoms with Crippen LogP contribution in [0, 0.1) is 5.92 Å². The molecular formula is C21H21F2N3O2. The molecule has 1 unspecified atom stereocenters. The lowest BCUT2D eigenvalue weighted by molar-refractivity contribution is -0.117. The first-order valence-corrected chi connectivity index (χ1v) is 8.91. The molecule has 0 bridgehead atoms. The van der Waals surface area contributed by atoms with Gasteiger partial charge < -0.3 is 15.0 Å². The maximum atomic E-state index is 12.5. The van der Waals surface area contributed by atoms with Gasteiger partial charge in [0, 0.05) is 11.6 Å². The number of fused-ring (bicyclic) bond motifs is 1. The number of ether oxygens (including phenoxy) is 1. The minimum absolute atomic E-state index is 0.0132. The Morgan fingerprint density at radius 2 is 1.86 bits per heavy atom. The second-order valence-corrected chi connectivity index (χ2v) is 6.62. The molecule has 0 fully saturated rings. The number of aromatic nitrogens is 2. The van der Waals surface area contributed by atoms with Crippen LogP contribution in [-0.4, -0.2) is 22.5 Å². The lowest BCUT2D eigenvalue weighted by atomic mass is 10.0. The van der Waals surface area contributed by atoms with Crippen molar-refractivity contribution in [2.75, 3.05) is 0 Å². The fourth-order valence-corrected chi connectivity index (χ4v) is 2.86. The molecule has 2 aromatic carbocycles. The van der Waals surface area contributed by atoms with Crippen molar-refractivity contribution in [1.82, 2.24) is 15.3 Å². The summed E-state index contributed by atoms with van der Waals surface area (Å²) in [5, 5.41) is 2.92. The molecule has 7 heteroatoms. The van der Waals surface area contributed by atoms with Gasteiger partial charge in [-0.1, -0.05) is 44.2 Å². The van der Waals surface area contributed by atoms with Gasteiger partial charge in [0.15, 0.2) is 0 Å². The van der Waals surface area contributed by atoms with Crippen molar-refractivity contribution in [3.63, 3.8) is 0 Å². The van der Waals surface area contributed by atoms with Crippen molar-refractivity contribution in [3.8, 4) is 5.75 Å². The number of benzene rings is 2. The van der Waals surface area contributed by atoms with E-state index in [-0.39, 0.29) is 23.6 Å². The molecule has 2 N–H and O–H groups in total. The minimum Gasteiger partial charge on any atom is -0.434 e. The third-order valence-corrected chi connectivity index (χ3v) is 4.22. The number of halogens is 2. The topological polar surface area (TPSA) is 67.0 Å². The van der Waals surface area contributed by atoms with Crippen molar-refractivity contribution in [2.24, 2.45) is 5.92 Å². The predicted molar refractivity (Wildman–Crippen MR) is 104 cm³/mol. The highest BCUT2D eigenvalue weighted by Crippen LogP contribution is 2.23. The number of rotatable bonds is 7. The van der Waals surface area contributed by atoms with Crippen LogP contribution in [0.3, 0.4) is 0 Å². The highest BCUT2D eigenvalue weighted by molar-refractivity contribution is 5.92. The standard InChI is InChI=1S/C21H21F2N3O2/c1-13(2)19(20-24-15-8-4-5-9-16(15)25-20)26-18(27)12-11-14-7-3-6-10-17(14)28-21(22)23/h3-13,19,21H,1-2H3,(H,24,25)(H,26,27)/b12-11+. The van der Waals surface area contributed by atoms with Crippen molar-refractivity contribution >= 4 is 23.0 Å². The van der Waals surface area contributed by atoms with Crippen molar-refractivity contribution in [3.05, 3.63) is 66.0 Å². The van der Waals surface area contributed by atoms with Gasteiger partial charge in [-0.15, -0.1) is 0 Å². The van der Waals surface area contributed by atoms with Gasteiger partial charge >= 0.3 is 6.61 Å². The van der Waals surface area contributed by atoms with Crippen molar-refractivity contribution < 1.29 is 18.3 Å². The Labute approximate surface area is 161 Å². The van der Waals surface area contributed by atoms with Gasteiger partial charge in [0.25, 0.3) is 0 Å². The Bertz CT molecular complexity index is 949. The van der Waals surface area contributed by atoms with Gasteiger partial charge in [0.1, 0.15) is 11.6 Å². The molecule has 0 spiro atoms. The first-order valence-electron chi connectivity index (χ1n) is 8.91. The molecule has 0 aliphatic rings. The van der Waals surface area contributed by atoms with E-state index in [1.807, 2.05) is 38.1 Å². The quantitative estimate of drug-likeness (QED) is 0.580. The summed E-state index contributed by atoms with van der Waals surface area (Å²) in [7, 11) is 0. The first-order chi connectivity index (χ1) is 13.4. The lowest BCUT2D eigenvalue weighted by Gasteiger charge is -2.19. The van der Waals surface area contributed by atoms with E-state index in [0.717, 1.165) is 11.0 Å². The molecule has 3 aromatic rings. The molecular weight excluding hydrogens is 364 g/mol. The second kappa shape index (κ2) is 8.65. The number of carbonyl (C=O) groups is 1. The van der Waals surface area contributed by atoms with Crippen molar-refractivity contribution in [2.45, 2.75) is 26.5 Å². The van der Waals surface area contributed by atoms with Gasteiger partial charge in [-0.05, 0) is 30.2 Å². The average Bonchev–Trinajstić information content (AvgIpc) is 3.08. The van der Waals surface area contributed by atoms with Crippen molar-refractivity contribution in [1.29, 1.82) is 0 Å². The van der Waals surface area contributed by atoms with Crippen LogP contribution in [0.5, 0.6) is 5.75 Å². The van der Waals surface area contributed by atoms with Crippen LogP contribution in [0.4, 0.5) is 8.78 Å². The van der Waals surface area contributed by atoms with E-state index >= 15 is 0 Å². The summed E-state index contributed by atoms with van der Waals surface area (Å²) in [5.41, 5.74) is 2.11. The number of carbonyl (C=O) groups excluding carboxylic acids is 1. The zero-order valence-electron chi connectivity index (χ0n) is 15.5. The number of amides is 1. The Balaban J connectivity index is 1.76. The summed E-state index contributed by atoms with van der Waals surface area (Å²) >= 11 is 0. The molecule has 28 heavy (non-hydrogen) atoms. The maximum Gasteiger partial charge on any atom is 0.387 e. The number of para-hydroxylation sites is 3. The molecule has 1 atom stereocenters. The monoisotopic (exact) mass is 385 g/mol. The lowest BCUT2D eigenvalue weighted by Crippen LogP contribution is -2.31. The molecule has 0 aliphatic heterocycles. The Hall–Kier alpha value is -3.22. The normalized spacial score (nSPS) is 12.8. The van der Waals surface area contributed by atoms with Crippen LogP contribution in [0.2, 0.25) is 0 Å². The zero-order chi connectivity index (χ0) is 20.1. The third-order valence-electron chi connectivity index (χ3n) is 4.22. The smallest absolute Gasteiger partial charge is 0.387 e. The number of nitrogens with one attached hydrogen (secondary N) is 2. The summed E-state index contributed by atoms with van der Waals surface area (Å²) in [6.45, 7) is 1.03. The summed E-state index contributed by atoms with van der Waals surface area (Å²) in [5.74, 6) is 0.414. The van der Waals surface area contributed by atoms with Crippen LogP contribution in [0.1, 0.15) is 31.3 Å². The summed E-state index contributed by atoms with van der Waals surface area (Å²) < 4.78 is 29.5. The predicted octanol–water partition coefficient (Wildman–Crippen LogP) is 4.69. The Morgan fingerprint density at radius 1 is 1.14 bits per heavy atom. The maximum absolute atomic E-state index is 12.5. The Kier molecular flexibility index (Phi) is 6.03. The van der Waals surface area contributed by atoms with E-state index in [2.05, 4.69) is 20.0 Å². The molecule has 1 aromatic heterocycles. The fraction of sp³-hybridized carbons (Fsp3) is 0.238. The number of H-pyrrole nitrogens is 1. The van der Waals surface area contributed by atoms with E-state index in [1.165, 1.54) is 18.2 Å². The average molecular weight is 385 g/mol. The second-order valence-electron chi connectivity index (χ2n) is 6.62. The highest BCUT2D eigenvalue weighted by Gasteiger charge is 2.21. The minimum atomic E-state index is -2.93. The third kappa shape index (κ3) is 4.73. The van der Waals surface area contributed by atoms with E-state index < -0.39 is 6.61 Å². The largest absolute Gasteiger partial charge is 0.434 e. The van der Waals surface area contributed by atoms with E-state index in [0.29, 0.717) is 11.4 Å². The molecule has 1 amide bonds. The Morgan fingerprint density at radius 3 is 2.57 bits per heavy atom. The molecule has 0 saturated carbocycles. The zero-order valence-corrected chi connectivity index (χ0v) is 15.5. The number of hydrogen-bond acceptors (Lipinski definition) is 3. The highest BCUT2D eigenvalue weighted by atomic mass is 19.3. The van der Waals surface area contributed by atoms with Crippen LogP contribution < -0.4 is 10.1 Å². The molecule has 0 radical (unpaired) electrons. The van der Waals surface area contributed by atoms with Gasteiger partial charge in [0.2, 0.25) is 5.91 Å². The van der Waals surface area contributed by atoms with Crippen LogP contribution in [-0.2, 0) is 4.79 Å². The first kappa shape index (κ1) is 19.5. The molecule has 5 nitrogen and oxygen atoms in total. The van der Waals surface area contributed by atoms with Crippen LogP contribution >= 0.6 is 0 Å². The number of aromatic amines is 1. The molecule has 1 heterocycles. The summed E-state index contributed by atoms with van der Waals surface area (Å²) in [6.07, 6.45) is 2.74. The summed E-state index contributed by atoms with van der Waals surface area (Å²) in [6, 6.07) is 13.6. The van der Waals surface area contributed by atoms with Crippen LogP contribution in [0.25, 0.3) is 17.1 Å². The number of alkyl halides is 2. The number of nitrogens with zero attached hydrogens (tertiary/aromatic N) is 1. The number of hydrogen-bond donors (Lipinski definition) is 2. The van der Waals surface area contributed by atoms with Gasteiger partial charge in [-0.2, -0.15) is 8.78 Å². The molecule has 146 valence electrons. The van der Waals surface area contributed by atoms with E-state index in [4.69, 9.17) is 0 Å². The molecule has 0 aliphatic carbocycles. The van der Waals surface area contributed by atoms with E-state index in [1.54, 1.807) is 18.2 Å². The van der Waals surface area contributed by atoms with Gasteiger partial charge in [-0.25, -0.2) is 4.98 Å². The van der Waals surface area contributed by atoms with Gasteiger partial charge in [-0.3, -0.25) is 4.79 Å². The van der Waals surface area contributed by atoms with E-state index in [9.17, 15) is 13.6 Å².